The van der Waals surface area contributed by atoms with Gasteiger partial charge in [-0.05, 0) is 78.6 Å². The quantitative estimate of drug-likeness (QED) is 0.148. The van der Waals surface area contributed by atoms with Gasteiger partial charge in [-0.2, -0.15) is 5.26 Å². The maximum absolute atomic E-state index is 14.9. The number of esters is 1. The lowest BCUT2D eigenvalue weighted by atomic mass is 9.47. The molecule has 11 heteroatoms. The van der Waals surface area contributed by atoms with Crippen LogP contribution in [0.4, 0.5) is 0 Å². The highest BCUT2D eigenvalue weighted by atomic mass is 79.9. The summed E-state index contributed by atoms with van der Waals surface area (Å²) in [5.74, 6) is -5.03. The molecule has 4 aromatic carbocycles. The molecule has 4 aromatic rings. The van der Waals surface area contributed by atoms with Crippen LogP contribution < -0.4 is 0 Å². The molecule has 0 radical (unpaired) electrons. The lowest BCUT2D eigenvalue weighted by molar-refractivity contribution is -0.164. The van der Waals surface area contributed by atoms with Crippen LogP contribution in [-0.2, 0) is 15.1 Å². The Balaban J connectivity index is 1.93. The molecule has 0 heterocycles. The van der Waals surface area contributed by atoms with Crippen molar-refractivity contribution < 1.29 is 19.4 Å². The molecule has 0 bridgehead atoms. The van der Waals surface area contributed by atoms with Crippen molar-refractivity contribution in [1.29, 1.82) is 5.26 Å². The number of Topliss-reactive ketones (excluding diaryl/α,β-unsaturated/α-hetero) is 1. The third-order valence-corrected chi connectivity index (χ3v) is 11.1. The van der Waals surface area contributed by atoms with Gasteiger partial charge in [0.05, 0.1) is 38.7 Å². The fraction of sp³-hybridized carbons (Fsp3) is 0.229. The van der Waals surface area contributed by atoms with Crippen LogP contribution in [-0.4, -0.2) is 23.5 Å². The maximum Gasteiger partial charge on any atom is 0.327 e. The van der Waals surface area contributed by atoms with Crippen LogP contribution in [0.2, 0.25) is 20.1 Å². The number of ketones is 1. The molecule has 0 unspecified atom stereocenters. The van der Waals surface area contributed by atoms with Gasteiger partial charge in [-0.1, -0.05) is 115 Å². The van der Waals surface area contributed by atoms with Gasteiger partial charge in [-0.3, -0.25) is 9.59 Å². The van der Waals surface area contributed by atoms with Crippen LogP contribution in [0.1, 0.15) is 52.2 Å². The normalized spacial score (nSPS) is 24.2. The molecule has 5 rings (SSSR count). The van der Waals surface area contributed by atoms with E-state index in [2.05, 4.69) is 37.9 Å². The van der Waals surface area contributed by atoms with Crippen LogP contribution in [0, 0.1) is 22.7 Å². The minimum atomic E-state index is -2.05. The summed E-state index contributed by atoms with van der Waals surface area (Å²) in [7, 11) is 0. The molecule has 236 valence electrons. The second-order valence-electron chi connectivity index (χ2n) is 11.1. The summed E-state index contributed by atoms with van der Waals surface area (Å²) in [5, 5.41) is 25.2. The molecule has 1 fully saturated rings. The third-order valence-electron chi connectivity index (χ3n) is 8.61. The highest BCUT2D eigenvalue weighted by Gasteiger charge is 2.67. The first kappa shape index (κ1) is 34.9. The van der Waals surface area contributed by atoms with Crippen molar-refractivity contribution in [3.8, 4) is 6.07 Å². The summed E-state index contributed by atoms with van der Waals surface area (Å²) in [5.41, 5.74) is -2.49. The van der Waals surface area contributed by atoms with E-state index in [1.807, 2.05) is 0 Å². The highest BCUT2D eigenvalue weighted by molar-refractivity contribution is 9.10. The van der Waals surface area contributed by atoms with Crippen LogP contribution in [0.5, 0.6) is 0 Å². The first-order valence-corrected chi connectivity index (χ1v) is 17.2. The second kappa shape index (κ2) is 14.0. The van der Waals surface area contributed by atoms with Crippen molar-refractivity contribution in [2.24, 2.45) is 11.3 Å². The van der Waals surface area contributed by atoms with Gasteiger partial charge in [-0.25, -0.2) is 0 Å². The Hall–Kier alpha value is -2.41. The van der Waals surface area contributed by atoms with E-state index in [0.717, 1.165) is 8.95 Å². The lowest BCUT2D eigenvalue weighted by Crippen LogP contribution is -2.59. The molecule has 0 saturated heterocycles. The molecular formula is C35H25Br2Cl4NO4. The monoisotopic (exact) mass is 821 g/mol. The number of nitrogens with zero attached hydrogens (tertiary/aromatic N) is 1. The first-order valence-electron chi connectivity index (χ1n) is 14.1. The van der Waals surface area contributed by atoms with E-state index in [-0.39, 0.29) is 38.7 Å². The van der Waals surface area contributed by atoms with E-state index in [1.54, 1.807) is 79.7 Å². The van der Waals surface area contributed by atoms with Gasteiger partial charge < -0.3 is 9.84 Å². The SMILES string of the molecule is CCOC(=O)[C@]1(C#N)[C@@H](c2ccc(Cl)c(Cl)c2)C[C@](O)(c2ccc(Br)cc2)[C@H](C(=O)c2ccc(Br)cc2)[C@@H]1c1ccc(Cl)c(Cl)c1. The molecule has 0 aromatic heterocycles. The third kappa shape index (κ3) is 6.26. The van der Waals surface area contributed by atoms with Crippen molar-refractivity contribution >= 4 is 90.0 Å². The summed E-state index contributed by atoms with van der Waals surface area (Å²) in [4.78, 5) is 29.3. The smallest absolute Gasteiger partial charge is 0.327 e. The van der Waals surface area contributed by atoms with Gasteiger partial charge in [0, 0.05) is 26.3 Å². The Morgan fingerprint density at radius 3 is 1.89 bits per heavy atom. The number of ether oxygens (including phenoxy) is 1. The summed E-state index contributed by atoms with van der Waals surface area (Å²) in [6.45, 7) is 1.60. The number of carbonyl (C=O) groups is 2. The number of aliphatic hydroxyl groups is 1. The largest absolute Gasteiger partial charge is 0.465 e. The highest BCUT2D eigenvalue weighted by Crippen LogP contribution is 2.64. The minimum Gasteiger partial charge on any atom is -0.465 e. The number of benzene rings is 4. The molecule has 0 spiro atoms. The molecule has 1 saturated carbocycles. The van der Waals surface area contributed by atoms with E-state index in [9.17, 15) is 20.0 Å². The van der Waals surface area contributed by atoms with Gasteiger partial charge in [0.2, 0.25) is 0 Å². The molecular weight excluding hydrogens is 800 g/mol. The number of hydrogen-bond acceptors (Lipinski definition) is 5. The van der Waals surface area contributed by atoms with Crippen molar-refractivity contribution in [3.05, 3.63) is 136 Å². The molecule has 0 aliphatic heterocycles. The van der Waals surface area contributed by atoms with E-state index >= 15 is 0 Å². The predicted octanol–water partition coefficient (Wildman–Crippen LogP) is 10.6. The van der Waals surface area contributed by atoms with Crippen molar-refractivity contribution in [2.75, 3.05) is 6.61 Å². The molecule has 1 aliphatic carbocycles. The Labute approximate surface area is 303 Å². The Kier molecular flexibility index (Phi) is 10.6. The van der Waals surface area contributed by atoms with Crippen LogP contribution >= 0.6 is 78.3 Å². The summed E-state index contributed by atoms with van der Waals surface area (Å²) >= 11 is 32.5. The van der Waals surface area contributed by atoms with Gasteiger partial charge in [0.15, 0.2) is 11.2 Å². The van der Waals surface area contributed by atoms with Crippen molar-refractivity contribution in [2.45, 2.75) is 30.8 Å². The van der Waals surface area contributed by atoms with Crippen molar-refractivity contribution in [1.82, 2.24) is 0 Å². The fourth-order valence-electron chi connectivity index (χ4n) is 6.54. The van der Waals surface area contributed by atoms with E-state index in [1.165, 1.54) is 12.1 Å². The van der Waals surface area contributed by atoms with Crippen molar-refractivity contribution in [3.63, 3.8) is 0 Å². The van der Waals surface area contributed by atoms with Gasteiger partial charge >= 0.3 is 5.97 Å². The number of carbonyl (C=O) groups excluding carboxylic acids is 2. The Bertz CT molecular complexity index is 1850. The molecule has 5 atom stereocenters. The standard InChI is InChI=1S/C35H25Br2Cl4NO4/c1-2-46-33(44)34(18-42)25(20-5-13-26(38)28(40)15-20)17-35(45,22-7-11-24(37)12-8-22)31(32(43)19-3-9-23(36)10-4-19)30(34)21-6-14-27(39)29(41)16-21/h3-16,25,30-31,45H,2,17H2,1H3/t25-,30+,31+,34-,35+/m1/s1. The van der Waals surface area contributed by atoms with E-state index < -0.39 is 40.5 Å². The molecule has 0 amide bonds. The predicted molar refractivity (Wildman–Crippen MR) is 188 cm³/mol. The zero-order valence-corrected chi connectivity index (χ0v) is 30.3. The fourth-order valence-corrected chi connectivity index (χ4v) is 7.68. The van der Waals surface area contributed by atoms with Gasteiger partial charge in [-0.15, -0.1) is 0 Å². The summed E-state index contributed by atoms with van der Waals surface area (Å²) in [6, 6.07) is 25.4. The zero-order valence-electron chi connectivity index (χ0n) is 24.1. The average molecular weight is 825 g/mol. The lowest BCUT2D eigenvalue weighted by Gasteiger charge is -2.54. The Morgan fingerprint density at radius 1 is 0.848 bits per heavy atom. The number of hydrogen-bond donors (Lipinski definition) is 1. The van der Waals surface area contributed by atoms with Crippen LogP contribution in [0.25, 0.3) is 0 Å². The topological polar surface area (TPSA) is 87.4 Å². The van der Waals surface area contributed by atoms with Gasteiger partial charge in [0.1, 0.15) is 5.60 Å². The van der Waals surface area contributed by atoms with E-state index in [4.69, 9.17) is 51.1 Å². The van der Waals surface area contributed by atoms with Gasteiger partial charge in [0.25, 0.3) is 0 Å². The average Bonchev–Trinajstić information content (AvgIpc) is 3.03. The first-order chi connectivity index (χ1) is 21.9. The number of nitriles is 1. The number of rotatable bonds is 7. The van der Waals surface area contributed by atoms with Crippen LogP contribution in [0.3, 0.4) is 0 Å². The minimum absolute atomic E-state index is 0.0350. The zero-order chi connectivity index (χ0) is 33.4. The van der Waals surface area contributed by atoms with E-state index in [0.29, 0.717) is 16.7 Å². The summed E-state index contributed by atoms with van der Waals surface area (Å²) in [6.07, 6.45) is -0.219. The second-order valence-corrected chi connectivity index (χ2v) is 14.5. The number of halogens is 6. The maximum atomic E-state index is 14.9. The molecule has 1 aliphatic rings. The Morgan fingerprint density at radius 2 is 1.37 bits per heavy atom. The van der Waals surface area contributed by atoms with Crippen LogP contribution in [0.15, 0.2) is 93.9 Å². The summed E-state index contributed by atoms with van der Waals surface area (Å²) < 4.78 is 7.14. The molecule has 1 N–H and O–H groups in total. The molecule has 46 heavy (non-hydrogen) atoms. The molecule has 5 nitrogen and oxygen atoms in total.